The number of rotatable bonds is 5. The van der Waals surface area contributed by atoms with Crippen LogP contribution in [0.4, 0.5) is 0 Å². The highest BCUT2D eigenvalue weighted by atomic mass is 32.2. The first-order chi connectivity index (χ1) is 11.3. The first-order valence-corrected chi connectivity index (χ1v) is 9.23. The summed E-state index contributed by atoms with van der Waals surface area (Å²) < 4.78 is 2.15. The van der Waals surface area contributed by atoms with Gasteiger partial charge in [-0.05, 0) is 36.1 Å². The van der Waals surface area contributed by atoms with Crippen LogP contribution in [-0.4, -0.2) is 33.0 Å². The van der Waals surface area contributed by atoms with Crippen molar-refractivity contribution in [2.45, 2.75) is 37.0 Å². The molecule has 23 heavy (non-hydrogen) atoms. The Kier molecular flexibility index (Phi) is 4.08. The van der Waals surface area contributed by atoms with Crippen LogP contribution < -0.4 is 5.32 Å². The normalized spacial score (nSPS) is 20.1. The van der Waals surface area contributed by atoms with Crippen molar-refractivity contribution in [1.82, 2.24) is 20.1 Å². The van der Waals surface area contributed by atoms with Gasteiger partial charge in [-0.1, -0.05) is 24.3 Å². The molecule has 1 aromatic carbocycles. The third kappa shape index (κ3) is 3.13. The zero-order chi connectivity index (χ0) is 15.6. The van der Waals surface area contributed by atoms with Crippen LogP contribution in [0.2, 0.25) is 0 Å². The molecule has 0 bridgehead atoms. The van der Waals surface area contributed by atoms with Gasteiger partial charge in [0.05, 0.1) is 0 Å². The van der Waals surface area contributed by atoms with Gasteiger partial charge in [0, 0.05) is 19.0 Å². The molecule has 6 heteroatoms. The standard InChI is InChI=1S/C17H20N4OS/c22-17(16-14-4-2-1-3-12(14)8-10-23-16)18-9-7-15-20-19-11-21(15)13-5-6-13/h1-4,11,13,16H,5-10H2,(H,18,22). The van der Waals surface area contributed by atoms with Crippen LogP contribution in [0.1, 0.15) is 41.1 Å². The van der Waals surface area contributed by atoms with Crippen LogP contribution in [0.15, 0.2) is 30.6 Å². The molecule has 1 N–H and O–H groups in total. The minimum absolute atomic E-state index is 0.0822. The smallest absolute Gasteiger partial charge is 0.237 e. The van der Waals surface area contributed by atoms with E-state index < -0.39 is 0 Å². The van der Waals surface area contributed by atoms with E-state index in [0.717, 1.165) is 24.4 Å². The van der Waals surface area contributed by atoms with Crippen LogP contribution in [0.25, 0.3) is 0 Å². The molecule has 1 atom stereocenters. The number of carbonyl (C=O) groups is 1. The molecule has 1 fully saturated rings. The number of amides is 1. The third-order valence-corrected chi connectivity index (χ3v) is 5.71. The molecule has 0 saturated heterocycles. The van der Waals surface area contributed by atoms with E-state index in [-0.39, 0.29) is 11.2 Å². The first-order valence-electron chi connectivity index (χ1n) is 8.18. The molecule has 1 unspecified atom stereocenters. The fourth-order valence-electron chi connectivity index (χ4n) is 3.10. The summed E-state index contributed by atoms with van der Waals surface area (Å²) in [6, 6.07) is 8.86. The minimum Gasteiger partial charge on any atom is -0.354 e. The largest absolute Gasteiger partial charge is 0.354 e. The molecule has 4 rings (SSSR count). The molecule has 2 heterocycles. The molecule has 1 aliphatic carbocycles. The van der Waals surface area contributed by atoms with E-state index in [0.29, 0.717) is 12.6 Å². The van der Waals surface area contributed by atoms with Crippen molar-refractivity contribution >= 4 is 17.7 Å². The zero-order valence-corrected chi connectivity index (χ0v) is 13.8. The average Bonchev–Trinajstić information content (AvgIpc) is 3.33. The molecule has 1 saturated carbocycles. The van der Waals surface area contributed by atoms with Crippen molar-refractivity contribution in [1.29, 1.82) is 0 Å². The second kappa shape index (κ2) is 6.35. The van der Waals surface area contributed by atoms with Crippen molar-refractivity contribution in [2.24, 2.45) is 0 Å². The first kappa shape index (κ1) is 14.8. The van der Waals surface area contributed by atoms with Crippen LogP contribution >= 0.6 is 11.8 Å². The number of nitrogens with one attached hydrogen (secondary N) is 1. The van der Waals surface area contributed by atoms with Gasteiger partial charge in [0.1, 0.15) is 17.4 Å². The van der Waals surface area contributed by atoms with E-state index in [9.17, 15) is 4.79 Å². The topological polar surface area (TPSA) is 59.8 Å². The van der Waals surface area contributed by atoms with Crippen LogP contribution in [0.5, 0.6) is 0 Å². The lowest BCUT2D eigenvalue weighted by Crippen LogP contribution is -2.32. The number of nitrogens with zero attached hydrogens (tertiary/aromatic N) is 3. The van der Waals surface area contributed by atoms with E-state index in [2.05, 4.69) is 38.3 Å². The summed E-state index contributed by atoms with van der Waals surface area (Å²) in [5.41, 5.74) is 2.47. The SMILES string of the molecule is O=C(NCCc1nncn1C1CC1)C1SCCc2ccccc21. The maximum atomic E-state index is 12.5. The maximum absolute atomic E-state index is 12.5. The molecule has 1 amide bonds. The van der Waals surface area contributed by atoms with E-state index in [1.165, 1.54) is 24.0 Å². The van der Waals surface area contributed by atoms with Gasteiger partial charge in [-0.25, -0.2) is 0 Å². The molecular weight excluding hydrogens is 308 g/mol. The van der Waals surface area contributed by atoms with Gasteiger partial charge < -0.3 is 9.88 Å². The van der Waals surface area contributed by atoms with Gasteiger partial charge >= 0.3 is 0 Å². The van der Waals surface area contributed by atoms with Crippen LogP contribution in [-0.2, 0) is 17.6 Å². The fourth-order valence-corrected chi connectivity index (χ4v) is 4.32. The van der Waals surface area contributed by atoms with Gasteiger partial charge in [0.2, 0.25) is 5.91 Å². The van der Waals surface area contributed by atoms with Gasteiger partial charge in [-0.3, -0.25) is 4.79 Å². The lowest BCUT2D eigenvalue weighted by Gasteiger charge is -2.24. The summed E-state index contributed by atoms with van der Waals surface area (Å²) in [5, 5.41) is 11.2. The van der Waals surface area contributed by atoms with Crippen molar-refractivity contribution in [3.63, 3.8) is 0 Å². The summed E-state index contributed by atoms with van der Waals surface area (Å²) in [7, 11) is 0. The summed E-state index contributed by atoms with van der Waals surface area (Å²) in [5.74, 6) is 2.09. The van der Waals surface area contributed by atoms with E-state index in [1.807, 2.05) is 12.4 Å². The fraction of sp³-hybridized carbons (Fsp3) is 0.471. The Morgan fingerprint density at radius 2 is 2.22 bits per heavy atom. The third-order valence-electron chi connectivity index (χ3n) is 4.47. The summed E-state index contributed by atoms with van der Waals surface area (Å²) in [6.45, 7) is 0.615. The Balaban J connectivity index is 1.36. The Morgan fingerprint density at radius 1 is 1.35 bits per heavy atom. The Bertz CT molecular complexity index is 710. The summed E-state index contributed by atoms with van der Waals surface area (Å²) in [4.78, 5) is 12.5. The predicted octanol–water partition coefficient (Wildman–Crippen LogP) is 2.30. The Morgan fingerprint density at radius 3 is 3.09 bits per heavy atom. The average molecular weight is 328 g/mol. The number of carbonyl (C=O) groups excluding carboxylic acids is 1. The molecule has 0 spiro atoms. The van der Waals surface area contributed by atoms with E-state index >= 15 is 0 Å². The molecule has 2 aliphatic rings. The van der Waals surface area contributed by atoms with E-state index in [1.54, 1.807) is 11.8 Å². The van der Waals surface area contributed by atoms with Crippen molar-refractivity contribution in [2.75, 3.05) is 12.3 Å². The molecule has 1 aliphatic heterocycles. The molecule has 0 radical (unpaired) electrons. The number of hydrogen-bond donors (Lipinski definition) is 1. The number of thioether (sulfide) groups is 1. The van der Waals surface area contributed by atoms with Gasteiger partial charge in [0.25, 0.3) is 0 Å². The molecule has 120 valence electrons. The van der Waals surface area contributed by atoms with E-state index in [4.69, 9.17) is 0 Å². The van der Waals surface area contributed by atoms with Crippen LogP contribution in [0.3, 0.4) is 0 Å². The van der Waals surface area contributed by atoms with Crippen molar-refractivity contribution in [3.8, 4) is 0 Å². The second-order valence-electron chi connectivity index (χ2n) is 6.13. The lowest BCUT2D eigenvalue weighted by atomic mass is 10.0. The molecule has 1 aromatic heterocycles. The monoisotopic (exact) mass is 328 g/mol. The summed E-state index contributed by atoms with van der Waals surface area (Å²) >= 11 is 1.73. The maximum Gasteiger partial charge on any atom is 0.237 e. The summed E-state index contributed by atoms with van der Waals surface area (Å²) in [6.07, 6.45) is 6.03. The molecule has 5 nitrogen and oxygen atoms in total. The lowest BCUT2D eigenvalue weighted by molar-refractivity contribution is -0.120. The Labute approximate surface area is 139 Å². The van der Waals surface area contributed by atoms with Gasteiger partial charge in [0.15, 0.2) is 0 Å². The van der Waals surface area contributed by atoms with Crippen LogP contribution in [0, 0.1) is 0 Å². The number of fused-ring (bicyclic) bond motifs is 1. The van der Waals surface area contributed by atoms with Crippen molar-refractivity contribution < 1.29 is 4.79 Å². The molecule has 2 aromatic rings. The van der Waals surface area contributed by atoms with Gasteiger partial charge in [-0.15, -0.1) is 22.0 Å². The van der Waals surface area contributed by atoms with Crippen molar-refractivity contribution in [3.05, 3.63) is 47.5 Å². The quantitative estimate of drug-likeness (QED) is 0.915. The number of aromatic nitrogens is 3. The van der Waals surface area contributed by atoms with Gasteiger partial charge in [-0.2, -0.15) is 0 Å². The molecular formula is C17H20N4OS. The highest BCUT2D eigenvalue weighted by molar-refractivity contribution is 8.00. The number of benzene rings is 1. The predicted molar refractivity (Wildman–Crippen MR) is 90.4 cm³/mol. The highest BCUT2D eigenvalue weighted by Crippen LogP contribution is 2.37. The highest BCUT2D eigenvalue weighted by Gasteiger charge is 2.28. The number of aryl methyl sites for hydroxylation is 1. The number of hydrogen-bond acceptors (Lipinski definition) is 4. The second-order valence-corrected chi connectivity index (χ2v) is 7.34. The minimum atomic E-state index is -0.0822. The Hall–Kier alpha value is -1.82. The zero-order valence-electron chi connectivity index (χ0n) is 12.9.